The quantitative estimate of drug-likeness (QED) is 0.661. The van der Waals surface area contributed by atoms with Crippen LogP contribution in [0.5, 0.6) is 11.5 Å². The van der Waals surface area contributed by atoms with E-state index in [0.29, 0.717) is 0 Å². The van der Waals surface area contributed by atoms with E-state index < -0.39 is 0 Å². The molecule has 2 aromatic carbocycles. The largest absolute Gasteiger partial charge is 0.497 e. The Morgan fingerprint density at radius 3 is 2.15 bits per heavy atom. The molecule has 2 aromatic rings. The number of quaternary nitrogens is 2. The Labute approximate surface area is 161 Å². The van der Waals surface area contributed by atoms with Gasteiger partial charge in [0.2, 0.25) is 0 Å². The minimum Gasteiger partial charge on any atom is -0.497 e. The van der Waals surface area contributed by atoms with Crippen LogP contribution in [-0.2, 0) is 6.54 Å². The van der Waals surface area contributed by atoms with Gasteiger partial charge in [-0.15, -0.1) is 0 Å². The lowest BCUT2D eigenvalue weighted by Crippen LogP contribution is -3.27. The fraction of sp³-hybridized carbons (Fsp3) is 0.409. The second kappa shape index (κ2) is 9.96. The zero-order valence-corrected chi connectivity index (χ0v) is 16.0. The fourth-order valence-electron chi connectivity index (χ4n) is 3.55. The van der Waals surface area contributed by atoms with Gasteiger partial charge in [-0.2, -0.15) is 5.26 Å². The molecule has 0 amide bonds. The summed E-state index contributed by atoms with van der Waals surface area (Å²) in [7, 11) is 1.67. The summed E-state index contributed by atoms with van der Waals surface area (Å²) in [5.41, 5.74) is 2.06. The molecule has 27 heavy (non-hydrogen) atoms. The summed E-state index contributed by atoms with van der Waals surface area (Å²) in [6.07, 6.45) is 1.08. The van der Waals surface area contributed by atoms with Crippen molar-refractivity contribution in [3.8, 4) is 17.6 Å². The molecule has 0 radical (unpaired) electrons. The second-order valence-corrected chi connectivity index (χ2v) is 7.11. The van der Waals surface area contributed by atoms with E-state index in [9.17, 15) is 0 Å². The van der Waals surface area contributed by atoms with Gasteiger partial charge in [0.05, 0.1) is 31.9 Å². The van der Waals surface area contributed by atoms with E-state index >= 15 is 0 Å². The molecule has 5 heteroatoms. The first-order valence-corrected chi connectivity index (χ1v) is 9.70. The van der Waals surface area contributed by atoms with E-state index in [0.717, 1.165) is 36.6 Å². The minimum atomic E-state index is 0.736. The lowest BCUT2D eigenvalue weighted by atomic mass is 10.1. The molecule has 0 atom stereocenters. The van der Waals surface area contributed by atoms with Crippen LogP contribution in [-0.4, -0.2) is 46.4 Å². The highest BCUT2D eigenvalue weighted by Gasteiger charge is 2.22. The Kier molecular flexibility index (Phi) is 7.09. The minimum absolute atomic E-state index is 0.736. The van der Waals surface area contributed by atoms with Gasteiger partial charge in [0.1, 0.15) is 44.2 Å². The Bertz CT molecular complexity index is 730. The summed E-state index contributed by atoms with van der Waals surface area (Å²) in [5.74, 6) is 1.76. The van der Waals surface area contributed by atoms with Crippen LogP contribution in [0.2, 0.25) is 0 Å². The van der Waals surface area contributed by atoms with Gasteiger partial charge in [-0.3, -0.25) is 0 Å². The molecule has 2 N–H and O–H groups in total. The van der Waals surface area contributed by atoms with Gasteiger partial charge in [-0.1, -0.05) is 12.1 Å². The van der Waals surface area contributed by atoms with Crippen molar-refractivity contribution < 1.29 is 19.3 Å². The van der Waals surface area contributed by atoms with E-state index in [2.05, 4.69) is 18.2 Å². The molecule has 0 aromatic heterocycles. The first-order valence-electron chi connectivity index (χ1n) is 9.70. The van der Waals surface area contributed by atoms with Crippen molar-refractivity contribution in [3.63, 3.8) is 0 Å². The van der Waals surface area contributed by atoms with Gasteiger partial charge < -0.3 is 19.3 Å². The van der Waals surface area contributed by atoms with Crippen LogP contribution in [0.15, 0.2) is 48.5 Å². The maximum Gasteiger partial charge on any atom is 0.127 e. The van der Waals surface area contributed by atoms with E-state index in [-0.39, 0.29) is 0 Å². The third-order valence-corrected chi connectivity index (χ3v) is 5.20. The third kappa shape index (κ3) is 5.99. The summed E-state index contributed by atoms with van der Waals surface area (Å²) in [6.45, 7) is 7.82. The third-order valence-electron chi connectivity index (χ3n) is 5.20. The molecular formula is C22H29N3O2+2. The average molecular weight is 367 g/mol. The molecule has 0 bridgehead atoms. The average Bonchev–Trinajstić information content (AvgIpc) is 2.73. The van der Waals surface area contributed by atoms with Crippen LogP contribution in [0, 0.1) is 11.3 Å². The van der Waals surface area contributed by atoms with Gasteiger partial charge in [0.25, 0.3) is 0 Å². The summed E-state index contributed by atoms with van der Waals surface area (Å²) < 4.78 is 11.0. The normalized spacial score (nSPS) is 19.3. The zero-order chi connectivity index (χ0) is 18.9. The van der Waals surface area contributed by atoms with Crippen LogP contribution < -0.4 is 19.3 Å². The number of nitrogens with one attached hydrogen (secondary N) is 2. The number of nitrogens with zero attached hydrogens (tertiary/aromatic N) is 1. The molecule has 1 aliphatic heterocycles. The van der Waals surface area contributed by atoms with Gasteiger partial charge >= 0.3 is 0 Å². The number of piperazine rings is 1. The maximum atomic E-state index is 8.88. The Morgan fingerprint density at radius 2 is 1.52 bits per heavy atom. The predicted octanol–water partition coefficient (Wildman–Crippen LogP) is 0.319. The first kappa shape index (κ1) is 19.2. The zero-order valence-electron chi connectivity index (χ0n) is 16.0. The monoisotopic (exact) mass is 367 g/mol. The lowest BCUT2D eigenvalue weighted by molar-refractivity contribution is -1.02. The standard InChI is InChI=1S/C22H27N3O2/c1-26-21-7-9-22(10-8-21)27-16-2-11-24-12-14-25(15-13-24)18-20-5-3-19(17-23)4-6-20/h3-10H,2,11-16,18H2,1H3/p+2. The highest BCUT2D eigenvalue weighted by molar-refractivity contribution is 5.31. The van der Waals surface area contributed by atoms with E-state index in [1.165, 1.54) is 38.3 Å². The topological polar surface area (TPSA) is 51.1 Å². The van der Waals surface area contributed by atoms with Crippen LogP contribution >= 0.6 is 0 Å². The van der Waals surface area contributed by atoms with E-state index in [1.807, 2.05) is 36.4 Å². The molecule has 0 unspecified atom stereocenters. The number of rotatable bonds is 8. The van der Waals surface area contributed by atoms with Gasteiger partial charge in [0, 0.05) is 12.0 Å². The molecule has 0 spiro atoms. The highest BCUT2D eigenvalue weighted by Crippen LogP contribution is 2.16. The van der Waals surface area contributed by atoms with Crippen molar-refractivity contribution in [2.75, 3.05) is 46.4 Å². The smallest absolute Gasteiger partial charge is 0.127 e. The molecule has 1 fully saturated rings. The van der Waals surface area contributed by atoms with Crippen molar-refractivity contribution in [1.29, 1.82) is 5.26 Å². The number of methoxy groups -OCH3 is 1. The number of hydrogen-bond acceptors (Lipinski definition) is 3. The molecule has 3 rings (SSSR count). The first-order chi connectivity index (χ1) is 13.3. The molecule has 0 saturated carbocycles. The van der Waals surface area contributed by atoms with E-state index in [1.54, 1.807) is 16.9 Å². The highest BCUT2D eigenvalue weighted by atomic mass is 16.5. The summed E-state index contributed by atoms with van der Waals surface area (Å²) >= 11 is 0. The van der Waals surface area contributed by atoms with Gasteiger partial charge in [0.15, 0.2) is 0 Å². The van der Waals surface area contributed by atoms with Crippen LogP contribution in [0.3, 0.4) is 0 Å². The number of ether oxygens (including phenoxy) is 2. The summed E-state index contributed by atoms with van der Waals surface area (Å²) in [5, 5.41) is 8.88. The Morgan fingerprint density at radius 1 is 0.889 bits per heavy atom. The summed E-state index contributed by atoms with van der Waals surface area (Å²) in [4.78, 5) is 3.31. The molecule has 0 aliphatic carbocycles. The van der Waals surface area contributed by atoms with Crippen LogP contribution in [0.1, 0.15) is 17.5 Å². The molecule has 142 valence electrons. The van der Waals surface area contributed by atoms with Gasteiger partial charge in [-0.25, -0.2) is 0 Å². The molecule has 5 nitrogen and oxygen atoms in total. The molecule has 1 heterocycles. The van der Waals surface area contributed by atoms with Crippen molar-refractivity contribution in [3.05, 3.63) is 59.7 Å². The fourth-order valence-corrected chi connectivity index (χ4v) is 3.55. The number of nitriles is 1. The van der Waals surface area contributed by atoms with Crippen LogP contribution in [0.25, 0.3) is 0 Å². The Hall–Kier alpha value is -2.55. The van der Waals surface area contributed by atoms with Gasteiger partial charge in [-0.05, 0) is 36.4 Å². The lowest BCUT2D eigenvalue weighted by Gasteiger charge is -2.29. The second-order valence-electron chi connectivity index (χ2n) is 7.11. The molecule has 1 saturated heterocycles. The van der Waals surface area contributed by atoms with Crippen molar-refractivity contribution in [2.45, 2.75) is 13.0 Å². The van der Waals surface area contributed by atoms with Crippen molar-refractivity contribution >= 4 is 0 Å². The van der Waals surface area contributed by atoms with Crippen molar-refractivity contribution in [1.82, 2.24) is 0 Å². The summed E-state index contributed by atoms with van der Waals surface area (Å²) in [6, 6.07) is 17.9. The van der Waals surface area contributed by atoms with Crippen molar-refractivity contribution in [2.24, 2.45) is 0 Å². The van der Waals surface area contributed by atoms with Crippen LogP contribution in [0.4, 0.5) is 0 Å². The van der Waals surface area contributed by atoms with E-state index in [4.69, 9.17) is 14.7 Å². The predicted molar refractivity (Wildman–Crippen MR) is 104 cm³/mol. The molecule has 1 aliphatic rings. The number of benzene rings is 2. The SMILES string of the molecule is COc1ccc(OCCC[NH+]2CC[NH+](Cc3ccc(C#N)cc3)CC2)cc1. The molecular weight excluding hydrogens is 338 g/mol. The Balaban J connectivity index is 1.31. The maximum absolute atomic E-state index is 8.88. The number of hydrogen-bond donors (Lipinski definition) is 2.